The number of para-hydroxylation sites is 2. The van der Waals surface area contributed by atoms with E-state index in [0.29, 0.717) is 0 Å². The molecule has 11 rings (SSSR count). The van der Waals surface area contributed by atoms with Crippen molar-refractivity contribution in [3.8, 4) is 22.3 Å². The lowest BCUT2D eigenvalue weighted by atomic mass is 9.84. The summed E-state index contributed by atoms with van der Waals surface area (Å²) in [6, 6.07) is 63.7. The van der Waals surface area contributed by atoms with Crippen molar-refractivity contribution in [3.63, 3.8) is 0 Å². The maximum absolute atomic E-state index is 2.51. The molecule has 246 valence electrons. The van der Waals surface area contributed by atoms with Crippen LogP contribution in [0.5, 0.6) is 0 Å². The quantitative estimate of drug-likeness (QED) is 0.173. The van der Waals surface area contributed by atoms with Gasteiger partial charge in [-0.25, -0.2) is 0 Å². The highest BCUT2D eigenvalue weighted by Crippen LogP contribution is 2.48. The molecule has 0 spiro atoms. The van der Waals surface area contributed by atoms with Crippen molar-refractivity contribution >= 4 is 65.8 Å². The highest BCUT2D eigenvalue weighted by atomic mass is 15.2. The topological polar surface area (TPSA) is 6.48 Å². The average molecular weight is 665 g/mol. The van der Waals surface area contributed by atoms with Crippen molar-refractivity contribution in [1.82, 2.24) is 0 Å². The lowest BCUT2D eigenvalue weighted by molar-refractivity contribution is 0.999. The molecular formula is C50H36N2. The van der Waals surface area contributed by atoms with Gasteiger partial charge in [0.1, 0.15) is 0 Å². The fourth-order valence-electron chi connectivity index (χ4n) is 9.06. The molecule has 0 saturated carbocycles. The summed E-state index contributed by atoms with van der Waals surface area (Å²) in [5, 5.41) is 10.2. The van der Waals surface area contributed by atoms with E-state index in [1.165, 1.54) is 99.2 Å². The van der Waals surface area contributed by atoms with Crippen LogP contribution in [0.15, 0.2) is 170 Å². The van der Waals surface area contributed by atoms with Gasteiger partial charge in [0.05, 0.1) is 0 Å². The van der Waals surface area contributed by atoms with Crippen molar-refractivity contribution in [1.29, 1.82) is 0 Å². The minimum atomic E-state index is 0.988. The molecule has 0 N–H and O–H groups in total. The molecule has 2 nitrogen and oxygen atoms in total. The molecule has 0 radical (unpaired) electrons. The zero-order chi connectivity index (χ0) is 34.2. The molecule has 0 atom stereocenters. The predicted octanol–water partition coefficient (Wildman–Crippen LogP) is 13.0. The van der Waals surface area contributed by atoms with E-state index in [0.717, 1.165) is 25.9 Å². The third-order valence-electron chi connectivity index (χ3n) is 11.6. The standard InChI is InChI=1S/C50H36N2/c1-3-13-37-29-39(19-17-33(37)9-1)49-43-23-21-42(52-28-26-36-12-6-8-16-48(36)52)32-46(43)50(40-20-18-34-10-2-4-14-38(34)30-40)44-24-22-41(31-45(44)49)51-27-25-35-11-5-7-15-47(35)51/h1-24,29-32H,25-28H2. The van der Waals surface area contributed by atoms with Crippen LogP contribution in [0.2, 0.25) is 0 Å². The molecule has 0 bridgehead atoms. The van der Waals surface area contributed by atoms with Crippen LogP contribution in [0.1, 0.15) is 11.1 Å². The predicted molar refractivity (Wildman–Crippen MR) is 222 cm³/mol. The van der Waals surface area contributed by atoms with E-state index in [4.69, 9.17) is 0 Å². The van der Waals surface area contributed by atoms with Crippen LogP contribution in [0.4, 0.5) is 22.7 Å². The van der Waals surface area contributed by atoms with Crippen molar-refractivity contribution in [2.75, 3.05) is 22.9 Å². The van der Waals surface area contributed by atoms with Crippen molar-refractivity contribution < 1.29 is 0 Å². The van der Waals surface area contributed by atoms with Gasteiger partial charge in [-0.2, -0.15) is 0 Å². The number of rotatable bonds is 4. The number of anilines is 4. The van der Waals surface area contributed by atoms with Crippen LogP contribution >= 0.6 is 0 Å². The third-order valence-corrected chi connectivity index (χ3v) is 11.6. The summed E-state index contributed by atoms with van der Waals surface area (Å²) < 4.78 is 0. The lowest BCUT2D eigenvalue weighted by Gasteiger charge is -2.25. The summed E-state index contributed by atoms with van der Waals surface area (Å²) in [5.74, 6) is 0. The fraction of sp³-hybridized carbons (Fsp3) is 0.0800. The average Bonchev–Trinajstić information content (AvgIpc) is 3.84. The number of nitrogens with zero attached hydrogens (tertiary/aromatic N) is 2. The number of hydrogen-bond donors (Lipinski definition) is 0. The van der Waals surface area contributed by atoms with E-state index in [1.54, 1.807) is 0 Å². The number of fused-ring (bicyclic) bond motifs is 6. The summed E-state index contributed by atoms with van der Waals surface area (Å²) in [7, 11) is 0. The molecule has 2 aliphatic heterocycles. The van der Waals surface area contributed by atoms with Gasteiger partial charge in [0.2, 0.25) is 0 Å². The number of benzene rings is 9. The Balaban J connectivity index is 1.24. The van der Waals surface area contributed by atoms with E-state index in [2.05, 4.69) is 180 Å². The second kappa shape index (κ2) is 11.6. The highest BCUT2D eigenvalue weighted by molar-refractivity contribution is 6.23. The zero-order valence-corrected chi connectivity index (χ0v) is 28.9. The van der Waals surface area contributed by atoms with Crippen molar-refractivity contribution in [2.24, 2.45) is 0 Å². The fourth-order valence-corrected chi connectivity index (χ4v) is 9.06. The molecule has 0 unspecified atom stereocenters. The maximum atomic E-state index is 2.51. The van der Waals surface area contributed by atoms with Crippen LogP contribution in [-0.4, -0.2) is 13.1 Å². The molecule has 0 aromatic heterocycles. The number of hydrogen-bond acceptors (Lipinski definition) is 2. The molecule has 0 aliphatic carbocycles. The monoisotopic (exact) mass is 664 g/mol. The third kappa shape index (κ3) is 4.57. The van der Waals surface area contributed by atoms with Gasteiger partial charge >= 0.3 is 0 Å². The maximum Gasteiger partial charge on any atom is 0.0444 e. The normalized spacial score (nSPS) is 13.8. The van der Waals surface area contributed by atoms with E-state index >= 15 is 0 Å². The van der Waals surface area contributed by atoms with Gasteiger partial charge < -0.3 is 9.80 Å². The Bertz CT molecular complexity index is 2690. The smallest absolute Gasteiger partial charge is 0.0444 e. The van der Waals surface area contributed by atoms with Crippen molar-refractivity contribution in [3.05, 3.63) is 181 Å². The first-order valence-electron chi connectivity index (χ1n) is 18.5. The molecule has 0 saturated heterocycles. The molecule has 9 aromatic rings. The summed E-state index contributed by atoms with van der Waals surface area (Å²) in [6.45, 7) is 1.98. The summed E-state index contributed by atoms with van der Waals surface area (Å²) >= 11 is 0. The van der Waals surface area contributed by atoms with Crippen LogP contribution in [0.3, 0.4) is 0 Å². The summed E-state index contributed by atoms with van der Waals surface area (Å²) in [6.07, 6.45) is 2.13. The molecule has 2 aliphatic rings. The molecule has 0 amide bonds. The largest absolute Gasteiger partial charge is 0.341 e. The first-order chi connectivity index (χ1) is 25.8. The Morgan fingerprint density at radius 2 is 0.750 bits per heavy atom. The summed E-state index contributed by atoms with van der Waals surface area (Å²) in [5.41, 5.74) is 13.1. The van der Waals surface area contributed by atoms with Gasteiger partial charge in [0, 0.05) is 35.8 Å². The van der Waals surface area contributed by atoms with Crippen LogP contribution < -0.4 is 9.80 Å². The van der Waals surface area contributed by atoms with E-state index in [-0.39, 0.29) is 0 Å². The minimum absolute atomic E-state index is 0.988. The van der Waals surface area contributed by atoms with Crippen LogP contribution in [0, 0.1) is 0 Å². The molecule has 0 fully saturated rings. The SMILES string of the molecule is c1ccc2c(c1)CCN2c1ccc2c(-c3ccc4ccccc4c3)c3cc(N4CCc5ccccc54)ccc3c(-c3ccc4ccccc4c3)c2c1. The van der Waals surface area contributed by atoms with Crippen LogP contribution in [0.25, 0.3) is 65.3 Å². The van der Waals surface area contributed by atoms with Gasteiger partial charge in [-0.05, 0) is 138 Å². The Kier molecular flexibility index (Phi) is 6.54. The van der Waals surface area contributed by atoms with E-state index in [1.807, 2.05) is 0 Å². The van der Waals surface area contributed by atoms with E-state index < -0.39 is 0 Å². The minimum Gasteiger partial charge on any atom is -0.341 e. The highest BCUT2D eigenvalue weighted by Gasteiger charge is 2.25. The molecule has 9 aromatic carbocycles. The second-order valence-corrected chi connectivity index (χ2v) is 14.4. The van der Waals surface area contributed by atoms with Gasteiger partial charge in [-0.15, -0.1) is 0 Å². The zero-order valence-electron chi connectivity index (χ0n) is 28.9. The summed E-state index contributed by atoms with van der Waals surface area (Å²) in [4.78, 5) is 5.01. The van der Waals surface area contributed by atoms with E-state index in [9.17, 15) is 0 Å². The Morgan fingerprint density at radius 1 is 0.327 bits per heavy atom. The molecular weight excluding hydrogens is 629 g/mol. The Morgan fingerprint density at radius 3 is 1.23 bits per heavy atom. The Hall–Kier alpha value is -6.38. The first kappa shape index (κ1) is 29.4. The van der Waals surface area contributed by atoms with Crippen molar-refractivity contribution in [2.45, 2.75) is 12.8 Å². The van der Waals surface area contributed by atoms with Crippen LogP contribution in [-0.2, 0) is 12.8 Å². The van der Waals surface area contributed by atoms with Gasteiger partial charge in [0.15, 0.2) is 0 Å². The lowest BCUT2D eigenvalue weighted by Crippen LogP contribution is -2.13. The molecule has 52 heavy (non-hydrogen) atoms. The molecule has 2 heterocycles. The van der Waals surface area contributed by atoms with Gasteiger partial charge in [0.25, 0.3) is 0 Å². The Labute approximate surface area is 303 Å². The molecule has 2 heteroatoms. The first-order valence-corrected chi connectivity index (χ1v) is 18.5. The second-order valence-electron chi connectivity index (χ2n) is 14.4. The van der Waals surface area contributed by atoms with Gasteiger partial charge in [-0.3, -0.25) is 0 Å². The van der Waals surface area contributed by atoms with Gasteiger partial charge in [-0.1, -0.05) is 121 Å².